The number of halogens is 3. The monoisotopic (exact) mass is 397 g/mol. The molecule has 0 aliphatic heterocycles. The van der Waals surface area contributed by atoms with E-state index in [1.807, 2.05) is 5.32 Å². The molecular formula is C18H14F3NO6. The summed E-state index contributed by atoms with van der Waals surface area (Å²) in [5, 5.41) is 1.95. The van der Waals surface area contributed by atoms with E-state index in [4.69, 9.17) is 9.47 Å². The van der Waals surface area contributed by atoms with Gasteiger partial charge in [0, 0.05) is 5.56 Å². The van der Waals surface area contributed by atoms with E-state index >= 15 is 0 Å². The van der Waals surface area contributed by atoms with Crippen LogP contribution in [0.5, 0.6) is 11.5 Å². The summed E-state index contributed by atoms with van der Waals surface area (Å²) in [5.74, 6) is -6.24. The molecule has 0 aromatic heterocycles. The number of amides is 1. The van der Waals surface area contributed by atoms with Crippen LogP contribution in [0, 0.1) is 17.5 Å². The highest BCUT2D eigenvalue weighted by molar-refractivity contribution is 5.93. The molecule has 0 unspecified atom stereocenters. The number of nitrogens with one attached hydrogen (secondary N) is 1. The smallest absolute Gasteiger partial charge is 0.344 e. The Morgan fingerprint density at radius 3 is 2.46 bits per heavy atom. The van der Waals surface area contributed by atoms with Crippen LogP contribution in [0.4, 0.5) is 18.9 Å². The third-order valence-corrected chi connectivity index (χ3v) is 3.34. The fraction of sp³-hybridized carbons (Fsp3) is 0.167. The summed E-state index contributed by atoms with van der Waals surface area (Å²) in [4.78, 5) is 34.0. The number of rotatable bonds is 8. The lowest BCUT2D eigenvalue weighted by Crippen LogP contribution is -2.24. The molecule has 0 radical (unpaired) electrons. The lowest BCUT2D eigenvalue weighted by atomic mass is 10.2. The van der Waals surface area contributed by atoms with Gasteiger partial charge in [-0.15, -0.1) is 0 Å². The largest absolute Gasteiger partial charge is 0.493 e. The van der Waals surface area contributed by atoms with Gasteiger partial charge in [-0.2, -0.15) is 0 Å². The Bertz CT molecular complexity index is 903. The Labute approximate surface area is 157 Å². The van der Waals surface area contributed by atoms with E-state index in [1.54, 1.807) is 0 Å². The number of methoxy groups -OCH3 is 1. The summed E-state index contributed by atoms with van der Waals surface area (Å²) in [6, 6.07) is 5.72. The van der Waals surface area contributed by atoms with Gasteiger partial charge in [0.1, 0.15) is 6.29 Å². The van der Waals surface area contributed by atoms with Crippen LogP contribution in [0.25, 0.3) is 0 Å². The molecule has 0 spiro atoms. The molecule has 0 fully saturated rings. The molecule has 148 valence electrons. The van der Waals surface area contributed by atoms with Crippen LogP contribution in [0.2, 0.25) is 0 Å². The predicted octanol–water partition coefficient (Wildman–Crippen LogP) is 2.49. The standard InChI is InChI=1S/C18H14F3NO6/c1-26-14-6-10(7-23)2-5-13(14)27-9-16(25)28-8-15(24)22-12-4-3-11(19)17(20)18(12)21/h2-7H,8-9H2,1H3,(H,22,24). The molecule has 0 atom stereocenters. The van der Waals surface area contributed by atoms with Crippen molar-refractivity contribution < 1.29 is 41.8 Å². The molecule has 2 aromatic rings. The maximum atomic E-state index is 13.5. The number of carbonyl (C=O) groups excluding carboxylic acids is 3. The molecule has 7 nitrogen and oxygen atoms in total. The molecule has 0 bridgehead atoms. The van der Waals surface area contributed by atoms with Crippen molar-refractivity contribution in [3.05, 3.63) is 53.3 Å². The first-order chi connectivity index (χ1) is 13.3. The summed E-state index contributed by atoms with van der Waals surface area (Å²) in [6.07, 6.45) is 0.606. The SMILES string of the molecule is COc1cc(C=O)ccc1OCC(=O)OCC(=O)Nc1ccc(F)c(F)c1F. The molecule has 0 saturated heterocycles. The van der Waals surface area contributed by atoms with Gasteiger partial charge >= 0.3 is 5.97 Å². The summed E-state index contributed by atoms with van der Waals surface area (Å²) in [5.41, 5.74) is -0.260. The van der Waals surface area contributed by atoms with Crippen LogP contribution in [0.1, 0.15) is 10.4 Å². The number of hydrogen-bond donors (Lipinski definition) is 1. The van der Waals surface area contributed by atoms with E-state index in [-0.39, 0.29) is 11.5 Å². The Morgan fingerprint density at radius 1 is 1.04 bits per heavy atom. The highest BCUT2D eigenvalue weighted by atomic mass is 19.2. The lowest BCUT2D eigenvalue weighted by molar-refractivity contribution is -0.149. The number of esters is 1. The van der Waals surface area contributed by atoms with Crippen molar-refractivity contribution >= 4 is 23.9 Å². The van der Waals surface area contributed by atoms with Gasteiger partial charge in [-0.1, -0.05) is 0 Å². The molecule has 0 aliphatic rings. The van der Waals surface area contributed by atoms with Gasteiger partial charge in [0.15, 0.2) is 42.2 Å². The van der Waals surface area contributed by atoms with Crippen molar-refractivity contribution in [2.75, 3.05) is 25.6 Å². The average Bonchev–Trinajstić information content (AvgIpc) is 2.70. The van der Waals surface area contributed by atoms with Gasteiger partial charge < -0.3 is 19.5 Å². The van der Waals surface area contributed by atoms with E-state index in [0.29, 0.717) is 17.9 Å². The maximum absolute atomic E-state index is 13.5. The van der Waals surface area contributed by atoms with Gasteiger partial charge in [0.25, 0.3) is 5.91 Å². The first kappa shape index (κ1) is 20.7. The molecule has 0 heterocycles. The summed E-state index contributed by atoms with van der Waals surface area (Å²) in [6.45, 7) is -1.38. The third kappa shape index (κ3) is 5.22. The van der Waals surface area contributed by atoms with Crippen LogP contribution < -0.4 is 14.8 Å². The molecule has 2 rings (SSSR count). The summed E-state index contributed by atoms with van der Waals surface area (Å²) in [7, 11) is 1.34. The van der Waals surface area contributed by atoms with Gasteiger partial charge in [-0.25, -0.2) is 18.0 Å². The minimum Gasteiger partial charge on any atom is -0.493 e. The van der Waals surface area contributed by atoms with Crippen LogP contribution >= 0.6 is 0 Å². The van der Waals surface area contributed by atoms with Crippen LogP contribution in [0.3, 0.4) is 0 Å². The number of hydrogen-bond acceptors (Lipinski definition) is 6. The van der Waals surface area contributed by atoms with E-state index in [1.165, 1.54) is 25.3 Å². The minimum atomic E-state index is -1.74. The fourth-order valence-electron chi connectivity index (χ4n) is 2.01. The second-order valence-electron chi connectivity index (χ2n) is 5.25. The van der Waals surface area contributed by atoms with E-state index in [2.05, 4.69) is 4.74 Å². The molecule has 10 heteroatoms. The van der Waals surface area contributed by atoms with Crippen LogP contribution in [0.15, 0.2) is 30.3 Å². The summed E-state index contributed by atoms with van der Waals surface area (Å²) < 4.78 is 54.3. The van der Waals surface area contributed by atoms with Crippen LogP contribution in [-0.4, -0.2) is 38.5 Å². The average molecular weight is 397 g/mol. The first-order valence-corrected chi connectivity index (χ1v) is 7.70. The van der Waals surface area contributed by atoms with Gasteiger partial charge in [-0.3, -0.25) is 9.59 Å². The Hall–Kier alpha value is -3.56. The van der Waals surface area contributed by atoms with E-state index in [9.17, 15) is 27.6 Å². The van der Waals surface area contributed by atoms with Crippen molar-refractivity contribution in [1.82, 2.24) is 0 Å². The molecular weight excluding hydrogens is 383 g/mol. The van der Waals surface area contributed by atoms with Crippen molar-refractivity contribution in [2.45, 2.75) is 0 Å². The minimum absolute atomic E-state index is 0.165. The second-order valence-corrected chi connectivity index (χ2v) is 5.25. The summed E-state index contributed by atoms with van der Waals surface area (Å²) >= 11 is 0. The second kappa shape index (κ2) is 9.40. The maximum Gasteiger partial charge on any atom is 0.344 e. The Kier molecular flexibility index (Phi) is 6.96. The van der Waals surface area contributed by atoms with E-state index in [0.717, 1.165) is 6.07 Å². The van der Waals surface area contributed by atoms with Gasteiger partial charge in [-0.05, 0) is 30.3 Å². The van der Waals surface area contributed by atoms with Crippen molar-refractivity contribution in [3.8, 4) is 11.5 Å². The highest BCUT2D eigenvalue weighted by Crippen LogP contribution is 2.27. The van der Waals surface area contributed by atoms with E-state index < -0.39 is 48.2 Å². The number of anilines is 1. The molecule has 1 N–H and O–H groups in total. The number of carbonyl (C=O) groups is 3. The first-order valence-electron chi connectivity index (χ1n) is 7.70. The lowest BCUT2D eigenvalue weighted by Gasteiger charge is -2.11. The third-order valence-electron chi connectivity index (χ3n) is 3.34. The van der Waals surface area contributed by atoms with Gasteiger partial charge in [0.05, 0.1) is 12.8 Å². The van der Waals surface area contributed by atoms with Crippen molar-refractivity contribution in [2.24, 2.45) is 0 Å². The zero-order valence-electron chi connectivity index (χ0n) is 14.5. The molecule has 1 amide bonds. The highest BCUT2D eigenvalue weighted by Gasteiger charge is 2.16. The zero-order valence-corrected chi connectivity index (χ0v) is 14.5. The van der Waals surface area contributed by atoms with Crippen molar-refractivity contribution in [3.63, 3.8) is 0 Å². The molecule has 0 aliphatic carbocycles. The molecule has 2 aromatic carbocycles. The Balaban J connectivity index is 1.85. The van der Waals surface area contributed by atoms with Crippen molar-refractivity contribution in [1.29, 1.82) is 0 Å². The molecule has 28 heavy (non-hydrogen) atoms. The van der Waals surface area contributed by atoms with Crippen LogP contribution in [-0.2, 0) is 14.3 Å². The zero-order chi connectivity index (χ0) is 20.7. The Morgan fingerprint density at radius 2 is 1.79 bits per heavy atom. The molecule has 0 saturated carbocycles. The quantitative estimate of drug-likeness (QED) is 0.418. The topological polar surface area (TPSA) is 90.9 Å². The van der Waals surface area contributed by atoms with Gasteiger partial charge in [0.2, 0.25) is 0 Å². The normalized spacial score (nSPS) is 10.1. The fourth-order valence-corrected chi connectivity index (χ4v) is 2.01. The number of ether oxygens (including phenoxy) is 3. The number of benzene rings is 2. The predicted molar refractivity (Wildman–Crippen MR) is 89.8 cm³/mol. The number of aldehydes is 1.